The van der Waals surface area contributed by atoms with Gasteiger partial charge in [-0.3, -0.25) is 4.79 Å². The summed E-state index contributed by atoms with van der Waals surface area (Å²) in [5.74, 6) is 0.534. The van der Waals surface area contributed by atoms with Crippen LogP contribution in [0.5, 0.6) is 0 Å². The number of pyridine rings is 1. The van der Waals surface area contributed by atoms with Crippen molar-refractivity contribution in [1.82, 2.24) is 9.88 Å². The second-order valence-electron chi connectivity index (χ2n) is 5.21. The Morgan fingerprint density at radius 2 is 2.32 bits per heavy atom. The molecule has 1 aliphatic carbocycles. The van der Waals surface area contributed by atoms with Crippen LogP contribution in [0.25, 0.3) is 0 Å². The molecule has 0 saturated heterocycles. The van der Waals surface area contributed by atoms with Crippen LogP contribution in [0, 0.1) is 17.7 Å². The molecule has 19 heavy (non-hydrogen) atoms. The predicted molar refractivity (Wildman–Crippen MR) is 72.6 cm³/mol. The Morgan fingerprint density at radius 3 is 2.89 bits per heavy atom. The fraction of sp³-hybridized carbons (Fsp3) is 0.571. The molecule has 1 amide bonds. The molecule has 0 aliphatic heterocycles. The molecule has 0 radical (unpaired) electrons. The van der Waals surface area contributed by atoms with Crippen LogP contribution in [0.15, 0.2) is 12.3 Å². The second-order valence-corrected chi connectivity index (χ2v) is 5.21. The van der Waals surface area contributed by atoms with Crippen molar-refractivity contribution >= 4 is 11.7 Å². The first-order valence-electron chi connectivity index (χ1n) is 6.68. The van der Waals surface area contributed by atoms with Crippen molar-refractivity contribution in [1.29, 1.82) is 0 Å². The van der Waals surface area contributed by atoms with Gasteiger partial charge < -0.3 is 10.2 Å². The standard InChI is InChI=1S/C14H20FN3O/c1-4-16-13-12(15)11(5-6-17-13)14(19)18(3)8-10-7-9(10)2/h5-6,9-10H,4,7-8H2,1-3H3,(H,16,17). The zero-order chi connectivity index (χ0) is 14.0. The van der Waals surface area contributed by atoms with Crippen LogP contribution >= 0.6 is 0 Å². The Morgan fingerprint density at radius 1 is 1.63 bits per heavy atom. The lowest BCUT2D eigenvalue weighted by atomic mass is 10.2. The van der Waals surface area contributed by atoms with E-state index < -0.39 is 5.82 Å². The minimum atomic E-state index is -0.565. The maximum Gasteiger partial charge on any atom is 0.256 e. The lowest BCUT2D eigenvalue weighted by molar-refractivity contribution is 0.0782. The molecule has 2 unspecified atom stereocenters. The monoisotopic (exact) mass is 265 g/mol. The topological polar surface area (TPSA) is 45.2 Å². The molecular formula is C14H20FN3O. The highest BCUT2D eigenvalue weighted by molar-refractivity contribution is 5.95. The van der Waals surface area contributed by atoms with Gasteiger partial charge in [-0.1, -0.05) is 6.92 Å². The van der Waals surface area contributed by atoms with E-state index in [1.807, 2.05) is 6.92 Å². The van der Waals surface area contributed by atoms with Crippen LogP contribution in [-0.2, 0) is 0 Å². The Labute approximate surface area is 113 Å². The fourth-order valence-corrected chi connectivity index (χ4v) is 2.19. The first-order valence-corrected chi connectivity index (χ1v) is 6.68. The van der Waals surface area contributed by atoms with Crippen LogP contribution < -0.4 is 5.32 Å². The fourth-order valence-electron chi connectivity index (χ4n) is 2.19. The summed E-state index contributed by atoms with van der Waals surface area (Å²) in [4.78, 5) is 17.7. The first kappa shape index (κ1) is 13.8. The average Bonchev–Trinajstić information content (AvgIpc) is 3.07. The quantitative estimate of drug-likeness (QED) is 0.889. The summed E-state index contributed by atoms with van der Waals surface area (Å²) in [6.45, 7) is 5.28. The molecule has 104 valence electrons. The molecule has 0 bridgehead atoms. The number of hydrogen-bond acceptors (Lipinski definition) is 3. The van der Waals surface area contributed by atoms with Gasteiger partial charge in [0.2, 0.25) is 0 Å². The molecular weight excluding hydrogens is 245 g/mol. The van der Waals surface area contributed by atoms with E-state index >= 15 is 0 Å². The van der Waals surface area contributed by atoms with Crippen molar-refractivity contribution < 1.29 is 9.18 Å². The van der Waals surface area contributed by atoms with E-state index in [1.165, 1.54) is 12.3 Å². The van der Waals surface area contributed by atoms with Gasteiger partial charge in [0.05, 0.1) is 5.56 Å². The molecule has 4 nitrogen and oxygen atoms in total. The minimum absolute atomic E-state index is 0.0850. The number of amides is 1. The molecule has 1 aliphatic rings. The van der Waals surface area contributed by atoms with Gasteiger partial charge in [0.15, 0.2) is 11.6 Å². The molecule has 0 spiro atoms. The van der Waals surface area contributed by atoms with Crippen molar-refractivity contribution in [2.24, 2.45) is 11.8 Å². The molecule has 1 aromatic rings. The summed E-state index contributed by atoms with van der Waals surface area (Å²) in [7, 11) is 1.72. The largest absolute Gasteiger partial charge is 0.368 e. The van der Waals surface area contributed by atoms with E-state index in [0.717, 1.165) is 6.42 Å². The van der Waals surface area contributed by atoms with Crippen molar-refractivity contribution in [3.63, 3.8) is 0 Å². The lowest BCUT2D eigenvalue weighted by Crippen LogP contribution is -2.30. The van der Waals surface area contributed by atoms with Crippen LogP contribution in [0.4, 0.5) is 10.2 Å². The number of nitrogens with zero attached hydrogens (tertiary/aromatic N) is 2. The van der Waals surface area contributed by atoms with E-state index in [-0.39, 0.29) is 17.3 Å². The summed E-state index contributed by atoms with van der Waals surface area (Å²) in [5, 5.41) is 2.81. The highest BCUT2D eigenvalue weighted by atomic mass is 19.1. The molecule has 2 atom stereocenters. The summed E-state index contributed by atoms with van der Waals surface area (Å²) in [5.41, 5.74) is 0.0850. The van der Waals surface area contributed by atoms with Crippen molar-refractivity contribution in [2.75, 3.05) is 25.5 Å². The maximum absolute atomic E-state index is 14.1. The molecule has 0 aromatic carbocycles. The number of carbonyl (C=O) groups excluding carboxylic acids is 1. The molecule has 1 N–H and O–H groups in total. The SMILES string of the molecule is CCNc1nccc(C(=O)N(C)CC2CC2C)c1F. The summed E-state index contributed by atoms with van der Waals surface area (Å²) < 4.78 is 14.1. The Kier molecular flexibility index (Phi) is 4.02. The van der Waals surface area contributed by atoms with E-state index in [1.54, 1.807) is 11.9 Å². The first-order chi connectivity index (χ1) is 9.04. The molecule has 5 heteroatoms. The minimum Gasteiger partial charge on any atom is -0.368 e. The number of rotatable bonds is 5. The lowest BCUT2D eigenvalue weighted by Gasteiger charge is -2.18. The third-order valence-electron chi connectivity index (χ3n) is 3.60. The van der Waals surface area contributed by atoms with Crippen molar-refractivity contribution in [3.8, 4) is 0 Å². The molecule has 2 rings (SSSR count). The summed E-state index contributed by atoms with van der Waals surface area (Å²) in [6, 6.07) is 1.44. The van der Waals surface area contributed by atoms with Gasteiger partial charge in [-0.2, -0.15) is 0 Å². The van der Waals surface area contributed by atoms with E-state index in [2.05, 4.69) is 17.2 Å². The van der Waals surface area contributed by atoms with Crippen molar-refractivity contribution in [3.05, 3.63) is 23.6 Å². The number of anilines is 1. The summed E-state index contributed by atoms with van der Waals surface area (Å²) >= 11 is 0. The zero-order valence-electron chi connectivity index (χ0n) is 11.6. The van der Waals surface area contributed by atoms with Gasteiger partial charge in [-0.15, -0.1) is 0 Å². The van der Waals surface area contributed by atoms with Gasteiger partial charge in [0, 0.05) is 26.3 Å². The van der Waals surface area contributed by atoms with Crippen molar-refractivity contribution in [2.45, 2.75) is 20.3 Å². The number of aromatic nitrogens is 1. The second kappa shape index (κ2) is 5.55. The highest BCUT2D eigenvalue weighted by Gasteiger charge is 2.34. The van der Waals surface area contributed by atoms with Crippen LogP contribution in [0.1, 0.15) is 30.6 Å². The van der Waals surface area contributed by atoms with Crippen LogP contribution in [0.2, 0.25) is 0 Å². The smallest absolute Gasteiger partial charge is 0.256 e. The molecule has 1 aromatic heterocycles. The van der Waals surface area contributed by atoms with Gasteiger partial charge >= 0.3 is 0 Å². The van der Waals surface area contributed by atoms with Crippen LogP contribution in [0.3, 0.4) is 0 Å². The van der Waals surface area contributed by atoms with Crippen LogP contribution in [-0.4, -0.2) is 35.9 Å². The number of nitrogens with one attached hydrogen (secondary N) is 1. The molecule has 1 fully saturated rings. The third kappa shape index (κ3) is 3.03. The van der Waals surface area contributed by atoms with Gasteiger partial charge in [-0.25, -0.2) is 9.37 Å². The van der Waals surface area contributed by atoms with Gasteiger partial charge in [0.1, 0.15) is 0 Å². The Hall–Kier alpha value is -1.65. The van der Waals surface area contributed by atoms with Gasteiger partial charge in [-0.05, 0) is 31.2 Å². The summed E-state index contributed by atoms with van der Waals surface area (Å²) in [6.07, 6.45) is 2.61. The Balaban J connectivity index is 2.11. The highest BCUT2D eigenvalue weighted by Crippen LogP contribution is 2.38. The normalized spacial score (nSPS) is 21.1. The third-order valence-corrected chi connectivity index (χ3v) is 3.60. The van der Waals surface area contributed by atoms with E-state index in [0.29, 0.717) is 24.9 Å². The number of hydrogen-bond donors (Lipinski definition) is 1. The van der Waals surface area contributed by atoms with Gasteiger partial charge in [0.25, 0.3) is 5.91 Å². The number of carbonyl (C=O) groups is 1. The van der Waals surface area contributed by atoms with E-state index in [4.69, 9.17) is 0 Å². The zero-order valence-corrected chi connectivity index (χ0v) is 11.6. The molecule has 1 heterocycles. The Bertz CT molecular complexity index is 478. The average molecular weight is 265 g/mol. The molecule has 1 saturated carbocycles. The number of halogens is 1. The predicted octanol–water partition coefficient (Wildman–Crippen LogP) is 2.38. The van der Waals surface area contributed by atoms with E-state index in [9.17, 15) is 9.18 Å². The maximum atomic E-state index is 14.1.